The first kappa shape index (κ1) is 10.4. The third-order valence-electron chi connectivity index (χ3n) is 2.58. The average molecular weight is 218 g/mol. The highest BCUT2D eigenvalue weighted by atomic mass is 32.2. The van der Waals surface area contributed by atoms with Crippen LogP contribution in [0.3, 0.4) is 0 Å². The van der Waals surface area contributed by atoms with Gasteiger partial charge in [0, 0.05) is 6.20 Å². The highest BCUT2D eigenvalue weighted by Gasteiger charge is 2.20. The van der Waals surface area contributed by atoms with Crippen molar-refractivity contribution in [2.24, 2.45) is 0 Å². The molecule has 2 heterocycles. The lowest BCUT2D eigenvalue weighted by Crippen LogP contribution is -2.13. The summed E-state index contributed by atoms with van der Waals surface area (Å²) in [6.07, 6.45) is 3.90. The highest BCUT2D eigenvalue weighted by molar-refractivity contribution is 7.99. The van der Waals surface area contributed by atoms with E-state index in [-0.39, 0.29) is 4.75 Å². The fourth-order valence-electron chi connectivity index (χ4n) is 1.40. The van der Waals surface area contributed by atoms with Gasteiger partial charge in [0.1, 0.15) is 0 Å². The van der Waals surface area contributed by atoms with E-state index in [2.05, 4.69) is 36.1 Å². The van der Waals surface area contributed by atoms with Crippen molar-refractivity contribution in [3.63, 3.8) is 0 Å². The Morgan fingerprint density at radius 2 is 1.93 bits per heavy atom. The van der Waals surface area contributed by atoms with Crippen LogP contribution in [0.4, 0.5) is 0 Å². The Bertz CT molecular complexity index is 480. The monoisotopic (exact) mass is 218 g/mol. The summed E-state index contributed by atoms with van der Waals surface area (Å²) < 4.78 is 0.0596. The number of nitrogens with zero attached hydrogens (tertiary/aromatic N) is 2. The molecule has 0 aliphatic heterocycles. The predicted molar refractivity (Wildman–Crippen MR) is 66.1 cm³/mol. The molecule has 0 saturated heterocycles. The average Bonchev–Trinajstić information content (AvgIpc) is 2.28. The van der Waals surface area contributed by atoms with Gasteiger partial charge in [-0.3, -0.25) is 4.98 Å². The SMILES string of the molecule is CSC(C)(C)c1ccc2ncccc2n1. The standard InChI is InChI=1S/C12H14N2S/c1-12(2,15-3)11-7-6-9-10(14-11)5-4-8-13-9/h4-8H,1-3H3. The second kappa shape index (κ2) is 3.81. The largest absolute Gasteiger partial charge is 0.255 e. The summed E-state index contributed by atoms with van der Waals surface area (Å²) >= 11 is 1.81. The predicted octanol–water partition coefficient (Wildman–Crippen LogP) is 3.23. The summed E-state index contributed by atoms with van der Waals surface area (Å²) in [6.45, 7) is 4.37. The van der Waals surface area contributed by atoms with E-state index < -0.39 is 0 Å². The van der Waals surface area contributed by atoms with E-state index in [1.165, 1.54) is 0 Å². The zero-order chi connectivity index (χ0) is 10.9. The van der Waals surface area contributed by atoms with Gasteiger partial charge in [-0.1, -0.05) is 0 Å². The minimum atomic E-state index is 0.0596. The molecule has 0 spiro atoms. The van der Waals surface area contributed by atoms with Crippen molar-refractivity contribution in [1.29, 1.82) is 0 Å². The summed E-state index contributed by atoms with van der Waals surface area (Å²) in [5, 5.41) is 0. The third-order valence-corrected chi connectivity index (χ3v) is 3.81. The van der Waals surface area contributed by atoms with Gasteiger partial charge in [-0.25, -0.2) is 4.98 Å². The number of fused-ring (bicyclic) bond motifs is 1. The number of pyridine rings is 2. The van der Waals surface area contributed by atoms with Crippen LogP contribution in [-0.4, -0.2) is 16.2 Å². The first-order chi connectivity index (χ1) is 7.13. The Morgan fingerprint density at radius 1 is 1.13 bits per heavy atom. The van der Waals surface area contributed by atoms with E-state index in [9.17, 15) is 0 Å². The first-order valence-corrected chi connectivity index (χ1v) is 6.13. The van der Waals surface area contributed by atoms with Crippen LogP contribution in [0.15, 0.2) is 30.5 Å². The number of hydrogen-bond donors (Lipinski definition) is 0. The summed E-state index contributed by atoms with van der Waals surface area (Å²) in [5.74, 6) is 0. The van der Waals surface area contributed by atoms with Crippen LogP contribution >= 0.6 is 11.8 Å². The fraction of sp³-hybridized carbons (Fsp3) is 0.333. The molecule has 0 bridgehead atoms. The molecule has 2 rings (SSSR count). The van der Waals surface area contributed by atoms with Crippen LogP contribution < -0.4 is 0 Å². The van der Waals surface area contributed by atoms with E-state index in [0.717, 1.165) is 16.7 Å². The van der Waals surface area contributed by atoms with Crippen molar-refractivity contribution in [1.82, 2.24) is 9.97 Å². The van der Waals surface area contributed by atoms with Crippen molar-refractivity contribution in [2.75, 3.05) is 6.26 Å². The lowest BCUT2D eigenvalue weighted by molar-refractivity contribution is 0.754. The second-order valence-corrected chi connectivity index (χ2v) is 5.38. The van der Waals surface area contributed by atoms with E-state index >= 15 is 0 Å². The molecule has 2 aromatic heterocycles. The molecule has 2 aromatic rings. The zero-order valence-electron chi connectivity index (χ0n) is 9.19. The molecule has 3 heteroatoms. The van der Waals surface area contributed by atoms with Crippen molar-refractivity contribution in [2.45, 2.75) is 18.6 Å². The summed E-state index contributed by atoms with van der Waals surface area (Å²) in [6, 6.07) is 8.02. The third kappa shape index (κ3) is 1.97. The zero-order valence-corrected chi connectivity index (χ0v) is 10.0. The molecule has 0 saturated carbocycles. The number of hydrogen-bond acceptors (Lipinski definition) is 3. The van der Waals surface area contributed by atoms with Crippen LogP contribution in [0.25, 0.3) is 11.0 Å². The number of aromatic nitrogens is 2. The van der Waals surface area contributed by atoms with Crippen molar-refractivity contribution in [3.05, 3.63) is 36.2 Å². The maximum absolute atomic E-state index is 4.63. The fourth-order valence-corrected chi connectivity index (χ4v) is 1.72. The van der Waals surface area contributed by atoms with E-state index in [1.54, 1.807) is 18.0 Å². The van der Waals surface area contributed by atoms with Gasteiger partial charge < -0.3 is 0 Å². The Hall–Kier alpha value is -1.09. The van der Waals surface area contributed by atoms with Crippen LogP contribution in [0.1, 0.15) is 19.5 Å². The topological polar surface area (TPSA) is 25.8 Å². The van der Waals surface area contributed by atoms with E-state index in [0.29, 0.717) is 0 Å². The van der Waals surface area contributed by atoms with Crippen LogP contribution in [0.2, 0.25) is 0 Å². The minimum absolute atomic E-state index is 0.0596. The quantitative estimate of drug-likeness (QED) is 0.774. The van der Waals surface area contributed by atoms with Crippen LogP contribution in [-0.2, 0) is 4.75 Å². The van der Waals surface area contributed by atoms with Crippen LogP contribution in [0.5, 0.6) is 0 Å². The van der Waals surface area contributed by atoms with Crippen molar-refractivity contribution < 1.29 is 0 Å². The lowest BCUT2D eigenvalue weighted by atomic mass is 10.1. The molecule has 0 aliphatic rings. The van der Waals surface area contributed by atoms with Gasteiger partial charge >= 0.3 is 0 Å². The lowest BCUT2D eigenvalue weighted by Gasteiger charge is -2.21. The maximum atomic E-state index is 4.63. The Balaban J connectivity index is 2.56. The Morgan fingerprint density at radius 3 is 2.67 bits per heavy atom. The molecule has 0 aliphatic carbocycles. The van der Waals surface area contributed by atoms with Gasteiger partial charge in [0.2, 0.25) is 0 Å². The number of thioether (sulfide) groups is 1. The number of rotatable bonds is 2. The summed E-state index contributed by atoms with van der Waals surface area (Å²) in [5.41, 5.74) is 3.03. The smallest absolute Gasteiger partial charge is 0.0890 e. The summed E-state index contributed by atoms with van der Waals surface area (Å²) in [7, 11) is 0. The summed E-state index contributed by atoms with van der Waals surface area (Å²) in [4.78, 5) is 8.90. The molecule has 0 atom stereocenters. The Labute approximate surface area is 94.1 Å². The molecule has 0 radical (unpaired) electrons. The second-order valence-electron chi connectivity index (χ2n) is 3.95. The molecule has 15 heavy (non-hydrogen) atoms. The minimum Gasteiger partial charge on any atom is -0.255 e. The normalized spacial score (nSPS) is 11.9. The van der Waals surface area contributed by atoms with Crippen molar-refractivity contribution >= 4 is 22.8 Å². The molecule has 0 amide bonds. The molecular weight excluding hydrogens is 204 g/mol. The molecule has 0 unspecified atom stereocenters. The van der Waals surface area contributed by atoms with Crippen molar-refractivity contribution in [3.8, 4) is 0 Å². The van der Waals surface area contributed by atoms with Gasteiger partial charge in [-0.05, 0) is 44.4 Å². The molecule has 78 valence electrons. The van der Waals surface area contributed by atoms with Gasteiger partial charge in [0.15, 0.2) is 0 Å². The van der Waals surface area contributed by atoms with Gasteiger partial charge in [0.05, 0.1) is 21.5 Å². The van der Waals surface area contributed by atoms with E-state index in [4.69, 9.17) is 0 Å². The van der Waals surface area contributed by atoms with Gasteiger partial charge in [-0.15, -0.1) is 0 Å². The molecule has 0 N–H and O–H groups in total. The highest BCUT2D eigenvalue weighted by Crippen LogP contribution is 2.32. The van der Waals surface area contributed by atoms with Gasteiger partial charge in [-0.2, -0.15) is 11.8 Å². The molecule has 0 aromatic carbocycles. The van der Waals surface area contributed by atoms with Crippen LogP contribution in [0, 0.1) is 0 Å². The Kier molecular flexibility index (Phi) is 2.65. The van der Waals surface area contributed by atoms with Gasteiger partial charge in [0.25, 0.3) is 0 Å². The molecular formula is C12H14N2S. The first-order valence-electron chi connectivity index (χ1n) is 4.91. The van der Waals surface area contributed by atoms with E-state index in [1.807, 2.05) is 18.2 Å². The maximum Gasteiger partial charge on any atom is 0.0890 e. The molecule has 2 nitrogen and oxygen atoms in total. The molecule has 0 fully saturated rings.